The summed E-state index contributed by atoms with van der Waals surface area (Å²) in [5.74, 6) is -4.84. The van der Waals surface area contributed by atoms with Gasteiger partial charge in [-0.1, -0.05) is 24.3 Å². The summed E-state index contributed by atoms with van der Waals surface area (Å²) in [5, 5.41) is 2.65. The molecule has 4 nitrogen and oxygen atoms in total. The van der Waals surface area contributed by atoms with Crippen LogP contribution in [0.1, 0.15) is 38.7 Å². The molecule has 35 heavy (non-hydrogen) atoms. The second kappa shape index (κ2) is 10.7. The maximum Gasteiger partial charge on any atom is 0.269 e. The van der Waals surface area contributed by atoms with Gasteiger partial charge in [-0.05, 0) is 55.5 Å². The molecule has 2 atom stereocenters. The van der Waals surface area contributed by atoms with E-state index in [1.807, 2.05) is 0 Å². The van der Waals surface area contributed by atoms with Crippen molar-refractivity contribution in [3.63, 3.8) is 0 Å². The number of halogens is 4. The molecular weight excluding hydrogens is 458 g/mol. The highest BCUT2D eigenvalue weighted by Crippen LogP contribution is 2.36. The van der Waals surface area contributed by atoms with Crippen LogP contribution in [0, 0.1) is 11.6 Å². The molecule has 2 fully saturated rings. The topological polar surface area (TPSA) is 35.6 Å². The van der Waals surface area contributed by atoms with E-state index >= 15 is 8.78 Å². The third-order valence-electron chi connectivity index (χ3n) is 7.20. The van der Waals surface area contributed by atoms with Gasteiger partial charge in [0.05, 0.1) is 6.42 Å². The van der Waals surface area contributed by atoms with Gasteiger partial charge in [0.2, 0.25) is 5.91 Å². The third kappa shape index (κ3) is 6.22. The monoisotopic (exact) mass is 491 g/mol. The van der Waals surface area contributed by atoms with Crippen LogP contribution < -0.4 is 5.32 Å². The summed E-state index contributed by atoms with van der Waals surface area (Å²) in [5.41, 5.74) is 1.49. The smallest absolute Gasteiger partial charge is 0.269 e. The zero-order chi connectivity index (χ0) is 25.2. The lowest BCUT2D eigenvalue weighted by molar-refractivity contribution is -0.133. The van der Waals surface area contributed by atoms with E-state index in [0.717, 1.165) is 19.2 Å². The number of amides is 1. The van der Waals surface area contributed by atoms with Crippen LogP contribution in [0.4, 0.5) is 17.6 Å². The van der Waals surface area contributed by atoms with Gasteiger partial charge in [0.15, 0.2) is 0 Å². The average Bonchev–Trinajstić information content (AvgIpc) is 2.80. The number of rotatable bonds is 6. The molecule has 1 aliphatic heterocycles. The lowest BCUT2D eigenvalue weighted by Crippen LogP contribution is -2.64. The van der Waals surface area contributed by atoms with Gasteiger partial charge in [0, 0.05) is 50.7 Å². The van der Waals surface area contributed by atoms with Gasteiger partial charge in [-0.3, -0.25) is 14.6 Å². The van der Waals surface area contributed by atoms with Gasteiger partial charge in [-0.2, -0.15) is 0 Å². The first-order valence-corrected chi connectivity index (χ1v) is 12.3. The minimum atomic E-state index is -2.98. The summed E-state index contributed by atoms with van der Waals surface area (Å²) < 4.78 is 57.3. The third-order valence-corrected chi connectivity index (χ3v) is 7.20. The summed E-state index contributed by atoms with van der Waals surface area (Å²) >= 11 is 0. The molecule has 8 heteroatoms. The number of carbonyl (C=O) groups excluding carboxylic acids is 1. The predicted octanol–water partition coefficient (Wildman–Crippen LogP) is 4.87. The van der Waals surface area contributed by atoms with Gasteiger partial charge >= 0.3 is 0 Å². The second-order valence-electron chi connectivity index (χ2n) is 9.97. The highest BCUT2D eigenvalue weighted by atomic mass is 19.3. The molecular formula is C27H33F4N3O. The number of alkyl halides is 2. The Labute approximate surface area is 204 Å². The van der Waals surface area contributed by atoms with E-state index in [0.29, 0.717) is 48.7 Å². The van der Waals surface area contributed by atoms with E-state index in [4.69, 9.17) is 0 Å². The predicted molar refractivity (Wildman–Crippen MR) is 128 cm³/mol. The van der Waals surface area contributed by atoms with Crippen molar-refractivity contribution in [3.8, 4) is 11.1 Å². The highest BCUT2D eigenvalue weighted by molar-refractivity contribution is 5.79. The molecule has 1 amide bonds. The summed E-state index contributed by atoms with van der Waals surface area (Å²) in [6.45, 7) is 7.33. The van der Waals surface area contributed by atoms with E-state index < -0.39 is 35.5 Å². The summed E-state index contributed by atoms with van der Waals surface area (Å²) in [6, 6.07) is 8.75. The molecule has 0 unspecified atom stereocenters. The van der Waals surface area contributed by atoms with E-state index in [2.05, 4.69) is 29.0 Å². The SMILES string of the molecule is CC(C)N1CCN([C@H]2CCCC(F)(F)[C@@H]2NC(=O)Cc2cccc(-c3cc(F)cc(F)c3)c2)CC1. The standard InChI is InChI=1S/C27H33F4N3O/c1-18(2)33-9-11-34(12-10-33)24-7-4-8-27(30,31)26(24)32-25(35)14-19-5-3-6-20(13-19)21-15-22(28)17-23(29)16-21/h3,5-6,13,15-18,24,26H,4,7-12,14H2,1-2H3,(H,32,35)/t24-,26+/m0/s1. The van der Waals surface area contributed by atoms with Crippen LogP contribution >= 0.6 is 0 Å². The number of nitrogens with one attached hydrogen (secondary N) is 1. The summed E-state index contributed by atoms with van der Waals surface area (Å²) in [4.78, 5) is 17.3. The fourth-order valence-electron chi connectivity index (χ4n) is 5.32. The van der Waals surface area contributed by atoms with Crippen molar-refractivity contribution >= 4 is 5.91 Å². The lowest BCUT2D eigenvalue weighted by Gasteiger charge is -2.47. The van der Waals surface area contributed by atoms with Gasteiger partial charge in [-0.25, -0.2) is 17.6 Å². The number of nitrogens with zero attached hydrogens (tertiary/aromatic N) is 2. The van der Waals surface area contributed by atoms with Crippen LogP contribution in [-0.2, 0) is 11.2 Å². The fraction of sp³-hybridized carbons (Fsp3) is 0.519. The van der Waals surface area contributed by atoms with Gasteiger partial charge < -0.3 is 5.32 Å². The molecule has 2 aliphatic rings. The van der Waals surface area contributed by atoms with E-state index in [1.54, 1.807) is 24.3 Å². The summed E-state index contributed by atoms with van der Waals surface area (Å²) in [6.07, 6.45) is 0.733. The molecule has 0 radical (unpaired) electrons. The largest absolute Gasteiger partial charge is 0.345 e. The Kier molecular flexibility index (Phi) is 7.81. The fourth-order valence-corrected chi connectivity index (χ4v) is 5.32. The first-order chi connectivity index (χ1) is 16.6. The normalized spacial score (nSPS) is 23.4. The highest BCUT2D eigenvalue weighted by Gasteiger charge is 2.49. The first-order valence-electron chi connectivity index (χ1n) is 12.3. The molecule has 2 aromatic rings. The van der Waals surface area contributed by atoms with Crippen molar-refractivity contribution in [2.24, 2.45) is 0 Å². The van der Waals surface area contributed by atoms with Crippen molar-refractivity contribution in [2.45, 2.75) is 63.6 Å². The van der Waals surface area contributed by atoms with Crippen molar-refractivity contribution in [3.05, 3.63) is 59.7 Å². The molecule has 0 aromatic heterocycles. The number of carbonyl (C=O) groups is 1. The first kappa shape index (κ1) is 25.6. The second-order valence-corrected chi connectivity index (χ2v) is 9.97. The average molecular weight is 492 g/mol. The van der Waals surface area contributed by atoms with Crippen molar-refractivity contribution in [1.29, 1.82) is 0 Å². The molecule has 2 aromatic carbocycles. The lowest BCUT2D eigenvalue weighted by atomic mass is 9.85. The van der Waals surface area contributed by atoms with Crippen LogP contribution in [0.5, 0.6) is 0 Å². The Bertz CT molecular complexity index is 1020. The Morgan fingerprint density at radius 1 is 1.03 bits per heavy atom. The van der Waals surface area contributed by atoms with Crippen LogP contribution in [-0.4, -0.2) is 65.9 Å². The van der Waals surface area contributed by atoms with Crippen LogP contribution in [0.3, 0.4) is 0 Å². The van der Waals surface area contributed by atoms with Gasteiger partial charge in [0.1, 0.15) is 17.7 Å². The Hall–Kier alpha value is -2.45. The zero-order valence-electron chi connectivity index (χ0n) is 20.2. The molecule has 4 rings (SSSR count). The zero-order valence-corrected chi connectivity index (χ0v) is 20.2. The quantitative estimate of drug-likeness (QED) is 0.586. The molecule has 1 heterocycles. The molecule has 1 saturated carbocycles. The van der Waals surface area contributed by atoms with Crippen molar-refractivity contribution in [1.82, 2.24) is 15.1 Å². The minimum Gasteiger partial charge on any atom is -0.345 e. The van der Waals surface area contributed by atoms with Crippen LogP contribution in [0.2, 0.25) is 0 Å². The van der Waals surface area contributed by atoms with Crippen LogP contribution in [0.15, 0.2) is 42.5 Å². The van der Waals surface area contributed by atoms with Crippen molar-refractivity contribution < 1.29 is 22.4 Å². The number of benzene rings is 2. The van der Waals surface area contributed by atoms with E-state index in [-0.39, 0.29) is 12.8 Å². The Balaban J connectivity index is 1.45. The molecule has 1 N–H and O–H groups in total. The maximum atomic E-state index is 15.0. The number of hydrogen-bond donors (Lipinski definition) is 1. The van der Waals surface area contributed by atoms with Crippen molar-refractivity contribution in [2.75, 3.05) is 26.2 Å². The van der Waals surface area contributed by atoms with Crippen LogP contribution in [0.25, 0.3) is 11.1 Å². The molecule has 0 bridgehead atoms. The van der Waals surface area contributed by atoms with E-state index in [9.17, 15) is 13.6 Å². The molecule has 190 valence electrons. The Morgan fingerprint density at radius 3 is 2.37 bits per heavy atom. The Morgan fingerprint density at radius 2 is 1.71 bits per heavy atom. The molecule has 1 saturated heterocycles. The van der Waals surface area contributed by atoms with Gasteiger partial charge in [-0.15, -0.1) is 0 Å². The minimum absolute atomic E-state index is 0.0912. The summed E-state index contributed by atoms with van der Waals surface area (Å²) in [7, 11) is 0. The molecule has 1 aliphatic carbocycles. The molecule has 0 spiro atoms. The number of hydrogen-bond acceptors (Lipinski definition) is 3. The van der Waals surface area contributed by atoms with E-state index in [1.165, 1.54) is 12.1 Å². The maximum absolute atomic E-state index is 15.0. The van der Waals surface area contributed by atoms with Gasteiger partial charge in [0.25, 0.3) is 5.92 Å². The number of piperazine rings is 1.